The summed E-state index contributed by atoms with van der Waals surface area (Å²) in [5.74, 6) is 0.730. The number of halogens is 1. The standard InChI is InChI=1S/C21H22N6.HI/c1-23-21(24-14-18-9-7-17(13-22)8-10-18)25-15-19-5-2-3-6-20(19)16-27-12-4-11-26-27;/h2-12H,14-16H2,1H3,(H2,23,24,25);1H. The molecule has 0 bridgehead atoms. The Hall–Kier alpha value is -2.86. The van der Waals surface area contributed by atoms with Crippen LogP contribution in [0, 0.1) is 11.3 Å². The fraction of sp³-hybridized carbons (Fsp3) is 0.190. The SMILES string of the molecule is CN=C(NCc1ccc(C#N)cc1)NCc1ccccc1Cn1cccn1.I. The van der Waals surface area contributed by atoms with E-state index in [0.29, 0.717) is 18.7 Å². The van der Waals surface area contributed by atoms with Gasteiger partial charge in [-0.05, 0) is 34.9 Å². The summed E-state index contributed by atoms with van der Waals surface area (Å²) >= 11 is 0. The molecule has 0 spiro atoms. The second-order valence-corrected chi connectivity index (χ2v) is 6.06. The molecular formula is C21H23IN6. The lowest BCUT2D eigenvalue weighted by Crippen LogP contribution is -2.36. The van der Waals surface area contributed by atoms with Crippen molar-refractivity contribution in [1.82, 2.24) is 20.4 Å². The highest BCUT2D eigenvalue weighted by atomic mass is 127. The number of nitrogens with zero attached hydrogens (tertiary/aromatic N) is 4. The Balaban J connectivity index is 0.00000280. The van der Waals surface area contributed by atoms with Gasteiger partial charge < -0.3 is 10.6 Å². The van der Waals surface area contributed by atoms with Crippen LogP contribution in [-0.2, 0) is 19.6 Å². The first-order chi connectivity index (χ1) is 13.3. The third-order valence-electron chi connectivity index (χ3n) is 4.22. The Kier molecular flexibility index (Phi) is 8.49. The fourth-order valence-electron chi connectivity index (χ4n) is 2.74. The van der Waals surface area contributed by atoms with Crippen LogP contribution in [0.4, 0.5) is 0 Å². The number of nitriles is 1. The Morgan fingerprint density at radius 3 is 2.39 bits per heavy atom. The molecule has 1 heterocycles. The minimum atomic E-state index is 0. The van der Waals surface area contributed by atoms with Crippen molar-refractivity contribution in [3.05, 3.63) is 89.2 Å². The van der Waals surface area contributed by atoms with Gasteiger partial charge in [-0.3, -0.25) is 9.67 Å². The quantitative estimate of drug-likeness (QED) is 0.319. The number of benzene rings is 2. The van der Waals surface area contributed by atoms with E-state index in [4.69, 9.17) is 5.26 Å². The molecule has 0 fully saturated rings. The maximum atomic E-state index is 8.87. The van der Waals surface area contributed by atoms with Crippen LogP contribution < -0.4 is 10.6 Å². The maximum absolute atomic E-state index is 8.87. The number of aromatic nitrogens is 2. The van der Waals surface area contributed by atoms with E-state index in [-0.39, 0.29) is 24.0 Å². The van der Waals surface area contributed by atoms with E-state index in [2.05, 4.69) is 38.9 Å². The van der Waals surface area contributed by atoms with Crippen LogP contribution in [0.25, 0.3) is 0 Å². The van der Waals surface area contributed by atoms with Crippen molar-refractivity contribution in [1.29, 1.82) is 5.26 Å². The molecule has 0 aliphatic heterocycles. The minimum absolute atomic E-state index is 0. The van der Waals surface area contributed by atoms with E-state index in [0.717, 1.165) is 18.1 Å². The van der Waals surface area contributed by atoms with Gasteiger partial charge in [-0.1, -0.05) is 36.4 Å². The fourth-order valence-corrected chi connectivity index (χ4v) is 2.74. The largest absolute Gasteiger partial charge is 0.352 e. The molecule has 3 aromatic rings. The van der Waals surface area contributed by atoms with Crippen LogP contribution in [0.1, 0.15) is 22.3 Å². The first-order valence-electron chi connectivity index (χ1n) is 8.76. The number of aliphatic imine (C=N–C) groups is 1. The average Bonchev–Trinajstić information content (AvgIpc) is 3.23. The van der Waals surface area contributed by atoms with E-state index < -0.39 is 0 Å². The van der Waals surface area contributed by atoms with E-state index in [1.54, 1.807) is 13.2 Å². The van der Waals surface area contributed by atoms with E-state index in [1.165, 1.54) is 11.1 Å². The zero-order valence-corrected chi connectivity index (χ0v) is 18.0. The summed E-state index contributed by atoms with van der Waals surface area (Å²) in [5.41, 5.74) is 4.18. The van der Waals surface area contributed by atoms with Gasteiger partial charge in [0.15, 0.2) is 5.96 Å². The Morgan fingerprint density at radius 1 is 1.04 bits per heavy atom. The van der Waals surface area contributed by atoms with Crippen molar-refractivity contribution in [3.8, 4) is 6.07 Å². The van der Waals surface area contributed by atoms with Gasteiger partial charge in [0.05, 0.1) is 18.2 Å². The van der Waals surface area contributed by atoms with Crippen LogP contribution >= 0.6 is 24.0 Å². The summed E-state index contributed by atoms with van der Waals surface area (Å²) in [6.07, 6.45) is 3.75. The molecule has 0 aliphatic rings. The molecule has 0 radical (unpaired) electrons. The Morgan fingerprint density at radius 2 is 1.75 bits per heavy atom. The van der Waals surface area contributed by atoms with Crippen molar-refractivity contribution in [3.63, 3.8) is 0 Å². The third-order valence-corrected chi connectivity index (χ3v) is 4.22. The molecule has 144 valence electrons. The summed E-state index contributed by atoms with van der Waals surface area (Å²) < 4.78 is 1.91. The number of nitrogens with one attached hydrogen (secondary N) is 2. The molecule has 0 aliphatic carbocycles. The first-order valence-corrected chi connectivity index (χ1v) is 8.76. The minimum Gasteiger partial charge on any atom is -0.352 e. The normalized spacial score (nSPS) is 10.6. The van der Waals surface area contributed by atoms with Crippen LogP contribution in [0.5, 0.6) is 0 Å². The molecule has 7 heteroatoms. The second-order valence-electron chi connectivity index (χ2n) is 6.06. The molecule has 0 saturated heterocycles. The van der Waals surface area contributed by atoms with Crippen LogP contribution in [-0.4, -0.2) is 22.8 Å². The van der Waals surface area contributed by atoms with Gasteiger partial charge in [-0.25, -0.2) is 0 Å². The van der Waals surface area contributed by atoms with E-state index in [9.17, 15) is 0 Å². The molecule has 3 rings (SSSR count). The lowest BCUT2D eigenvalue weighted by atomic mass is 10.1. The highest BCUT2D eigenvalue weighted by molar-refractivity contribution is 14.0. The van der Waals surface area contributed by atoms with Gasteiger partial charge in [0.25, 0.3) is 0 Å². The number of guanidine groups is 1. The monoisotopic (exact) mass is 486 g/mol. The van der Waals surface area contributed by atoms with Gasteiger partial charge >= 0.3 is 0 Å². The first kappa shape index (κ1) is 21.4. The zero-order chi connectivity index (χ0) is 18.9. The van der Waals surface area contributed by atoms with Gasteiger partial charge in [-0.2, -0.15) is 10.4 Å². The molecule has 6 nitrogen and oxygen atoms in total. The van der Waals surface area contributed by atoms with Crippen molar-refractivity contribution < 1.29 is 0 Å². The van der Waals surface area contributed by atoms with E-state index in [1.807, 2.05) is 53.3 Å². The van der Waals surface area contributed by atoms with Crippen LogP contribution in [0.2, 0.25) is 0 Å². The van der Waals surface area contributed by atoms with Crippen LogP contribution in [0.15, 0.2) is 72.0 Å². The molecule has 0 amide bonds. The summed E-state index contributed by atoms with van der Waals surface area (Å²) in [7, 11) is 1.75. The van der Waals surface area contributed by atoms with Crippen molar-refractivity contribution in [2.24, 2.45) is 4.99 Å². The van der Waals surface area contributed by atoms with Gasteiger partial charge in [0, 0.05) is 32.5 Å². The second kappa shape index (κ2) is 11.1. The van der Waals surface area contributed by atoms with Gasteiger partial charge in [0.2, 0.25) is 0 Å². The molecule has 0 unspecified atom stereocenters. The van der Waals surface area contributed by atoms with Gasteiger partial charge in [0.1, 0.15) is 0 Å². The van der Waals surface area contributed by atoms with Gasteiger partial charge in [-0.15, -0.1) is 24.0 Å². The number of rotatable bonds is 6. The molecule has 2 aromatic carbocycles. The molecular weight excluding hydrogens is 463 g/mol. The molecule has 28 heavy (non-hydrogen) atoms. The Bertz CT molecular complexity index is 926. The Labute approximate surface area is 182 Å². The molecule has 0 saturated carbocycles. The molecule has 2 N–H and O–H groups in total. The zero-order valence-electron chi connectivity index (χ0n) is 15.7. The summed E-state index contributed by atoms with van der Waals surface area (Å²) in [4.78, 5) is 4.28. The molecule has 0 atom stereocenters. The highest BCUT2D eigenvalue weighted by Gasteiger charge is 2.05. The highest BCUT2D eigenvalue weighted by Crippen LogP contribution is 2.10. The maximum Gasteiger partial charge on any atom is 0.191 e. The smallest absolute Gasteiger partial charge is 0.191 e. The van der Waals surface area contributed by atoms with Crippen molar-refractivity contribution in [2.75, 3.05) is 7.05 Å². The van der Waals surface area contributed by atoms with E-state index >= 15 is 0 Å². The number of hydrogen-bond donors (Lipinski definition) is 2. The van der Waals surface area contributed by atoms with Crippen molar-refractivity contribution >= 4 is 29.9 Å². The summed E-state index contributed by atoms with van der Waals surface area (Å²) in [6, 6.07) is 19.9. The third kappa shape index (κ3) is 6.09. The molecule has 1 aromatic heterocycles. The lowest BCUT2D eigenvalue weighted by Gasteiger charge is -2.14. The predicted molar refractivity (Wildman–Crippen MR) is 121 cm³/mol. The topological polar surface area (TPSA) is 78.0 Å². The predicted octanol–water partition coefficient (Wildman–Crippen LogP) is 3.29. The summed E-state index contributed by atoms with van der Waals surface area (Å²) in [5, 5.41) is 19.8. The summed E-state index contributed by atoms with van der Waals surface area (Å²) in [6.45, 7) is 2.05. The van der Waals surface area contributed by atoms with Crippen molar-refractivity contribution in [2.45, 2.75) is 19.6 Å². The van der Waals surface area contributed by atoms with Crippen LogP contribution in [0.3, 0.4) is 0 Å². The lowest BCUT2D eigenvalue weighted by molar-refractivity contribution is 0.677. The average molecular weight is 486 g/mol. The number of hydrogen-bond acceptors (Lipinski definition) is 3.